The van der Waals surface area contributed by atoms with Crippen LogP contribution < -0.4 is 10.4 Å². The molecule has 1 aliphatic heterocycles. The number of hydrogen-bond acceptors (Lipinski definition) is 6. The fourth-order valence-corrected chi connectivity index (χ4v) is 4.41. The van der Waals surface area contributed by atoms with Crippen LogP contribution in [0.15, 0.2) is 34.8 Å². The Morgan fingerprint density at radius 3 is 2.67 bits per heavy atom. The highest BCUT2D eigenvalue weighted by Crippen LogP contribution is 2.43. The maximum absolute atomic E-state index is 12.7. The van der Waals surface area contributed by atoms with Crippen molar-refractivity contribution in [3.05, 3.63) is 51.1 Å². The molecule has 2 aromatic rings. The maximum atomic E-state index is 12.7. The van der Waals surface area contributed by atoms with E-state index in [1.165, 1.54) is 0 Å². The molecule has 0 bridgehead atoms. The molecule has 0 saturated carbocycles. The number of hydrogen-bond donors (Lipinski definition) is 1. The van der Waals surface area contributed by atoms with Gasteiger partial charge in [-0.3, -0.25) is 10.2 Å². The molecule has 0 amide bonds. The molecular weight excluding hydrogens is 320 g/mol. The number of carbonyl (C=O) groups excluding carboxylic acids is 1. The van der Waals surface area contributed by atoms with E-state index in [1.54, 1.807) is 11.3 Å². The van der Waals surface area contributed by atoms with E-state index >= 15 is 0 Å². The summed E-state index contributed by atoms with van der Waals surface area (Å²) < 4.78 is 0. The smallest absolute Gasteiger partial charge is 0.245 e. The zero-order valence-corrected chi connectivity index (χ0v) is 14.9. The number of aromatic nitrogens is 2. The summed E-state index contributed by atoms with van der Waals surface area (Å²) in [7, 11) is 0. The molecule has 2 atom stereocenters. The molecule has 1 N–H and O–H groups in total. The lowest BCUT2D eigenvalue weighted by Crippen LogP contribution is -2.36. The van der Waals surface area contributed by atoms with Crippen LogP contribution in [-0.4, -0.2) is 15.8 Å². The molecule has 0 spiro atoms. The van der Waals surface area contributed by atoms with Crippen LogP contribution in [0.3, 0.4) is 0 Å². The Kier molecular flexibility index (Phi) is 3.64. The van der Waals surface area contributed by atoms with Crippen LogP contribution in [0.2, 0.25) is 0 Å². The number of ketones is 1. The molecule has 6 heteroatoms. The van der Waals surface area contributed by atoms with E-state index in [-0.39, 0.29) is 11.8 Å². The molecule has 0 aromatic carbocycles. The number of thiophene rings is 1. The lowest BCUT2D eigenvalue weighted by Gasteiger charge is -2.25. The van der Waals surface area contributed by atoms with Gasteiger partial charge in [-0.25, -0.2) is 15.0 Å². The molecule has 1 aliphatic carbocycles. The SMILES string of the molecule is Cc1cc(C)nc(N2NC3=C(C(=O)CC(C)C3)C2c2cccs2)n1. The largest absolute Gasteiger partial charge is 0.299 e. The van der Waals surface area contributed by atoms with Gasteiger partial charge in [0.15, 0.2) is 5.78 Å². The minimum atomic E-state index is -0.138. The van der Waals surface area contributed by atoms with Crippen LogP contribution in [0.5, 0.6) is 0 Å². The van der Waals surface area contributed by atoms with Crippen molar-refractivity contribution in [2.24, 2.45) is 5.92 Å². The summed E-state index contributed by atoms with van der Waals surface area (Å²) in [4.78, 5) is 23.1. The summed E-state index contributed by atoms with van der Waals surface area (Å²) in [6.07, 6.45) is 1.51. The lowest BCUT2D eigenvalue weighted by atomic mass is 9.85. The van der Waals surface area contributed by atoms with E-state index in [0.717, 1.165) is 34.0 Å². The molecule has 2 aliphatic rings. The zero-order valence-electron chi connectivity index (χ0n) is 14.0. The Bertz CT molecular complexity index is 807. The number of allylic oxidation sites excluding steroid dienone is 1. The third-order valence-corrected chi connectivity index (χ3v) is 5.42. The monoisotopic (exact) mass is 340 g/mol. The van der Waals surface area contributed by atoms with Crippen LogP contribution in [0, 0.1) is 19.8 Å². The lowest BCUT2D eigenvalue weighted by molar-refractivity contribution is -0.117. The van der Waals surface area contributed by atoms with E-state index in [0.29, 0.717) is 18.3 Å². The topological polar surface area (TPSA) is 58.1 Å². The number of nitrogens with one attached hydrogen (secondary N) is 1. The second kappa shape index (κ2) is 5.70. The van der Waals surface area contributed by atoms with Gasteiger partial charge in [0.1, 0.15) is 6.04 Å². The molecule has 0 saturated heterocycles. The Labute approximate surface area is 145 Å². The number of anilines is 1. The van der Waals surface area contributed by atoms with Crippen molar-refractivity contribution in [1.82, 2.24) is 15.4 Å². The number of Topliss-reactive ketones (excluding diaryl/α,β-unsaturated/α-hetero) is 1. The highest BCUT2D eigenvalue weighted by molar-refractivity contribution is 7.10. The Morgan fingerprint density at radius 2 is 2.00 bits per heavy atom. The van der Waals surface area contributed by atoms with Crippen LogP contribution in [-0.2, 0) is 4.79 Å². The average molecular weight is 340 g/mol. The van der Waals surface area contributed by atoms with Gasteiger partial charge in [0.2, 0.25) is 5.95 Å². The van der Waals surface area contributed by atoms with Gasteiger partial charge < -0.3 is 0 Å². The predicted molar refractivity (Wildman–Crippen MR) is 94.6 cm³/mol. The van der Waals surface area contributed by atoms with Crippen LogP contribution in [0.1, 0.15) is 42.1 Å². The molecule has 2 aromatic heterocycles. The van der Waals surface area contributed by atoms with Crippen molar-refractivity contribution in [3.63, 3.8) is 0 Å². The first kappa shape index (κ1) is 15.3. The highest BCUT2D eigenvalue weighted by atomic mass is 32.1. The van der Waals surface area contributed by atoms with Gasteiger partial charge >= 0.3 is 0 Å². The summed E-state index contributed by atoms with van der Waals surface area (Å²) in [5, 5.41) is 4.01. The molecule has 124 valence electrons. The molecule has 2 unspecified atom stereocenters. The van der Waals surface area contributed by atoms with Gasteiger partial charge in [-0.05, 0) is 43.7 Å². The number of nitrogens with zero attached hydrogens (tertiary/aromatic N) is 3. The quantitative estimate of drug-likeness (QED) is 0.907. The first-order valence-electron chi connectivity index (χ1n) is 8.20. The number of aryl methyl sites for hydroxylation is 2. The van der Waals surface area contributed by atoms with Crippen molar-refractivity contribution >= 4 is 23.1 Å². The van der Waals surface area contributed by atoms with Crippen LogP contribution >= 0.6 is 11.3 Å². The first-order valence-corrected chi connectivity index (χ1v) is 9.08. The van der Waals surface area contributed by atoms with Gasteiger partial charge in [0.05, 0.1) is 0 Å². The van der Waals surface area contributed by atoms with Gasteiger partial charge in [-0.2, -0.15) is 0 Å². The number of hydrazine groups is 1. The second-order valence-corrected chi connectivity index (χ2v) is 7.66. The first-order chi connectivity index (χ1) is 11.5. The molecule has 5 nitrogen and oxygen atoms in total. The van der Waals surface area contributed by atoms with Crippen molar-refractivity contribution in [2.45, 2.75) is 39.7 Å². The van der Waals surface area contributed by atoms with Crippen LogP contribution in [0.25, 0.3) is 0 Å². The maximum Gasteiger partial charge on any atom is 0.245 e. The zero-order chi connectivity index (χ0) is 16.8. The van der Waals surface area contributed by atoms with Crippen molar-refractivity contribution in [2.75, 3.05) is 5.01 Å². The summed E-state index contributed by atoms with van der Waals surface area (Å²) in [5.41, 5.74) is 7.20. The fourth-order valence-electron chi connectivity index (χ4n) is 3.58. The van der Waals surface area contributed by atoms with E-state index in [1.807, 2.05) is 36.4 Å². The second-order valence-electron chi connectivity index (χ2n) is 6.68. The normalized spacial score (nSPS) is 23.5. The molecule has 4 rings (SSSR count). The van der Waals surface area contributed by atoms with Crippen molar-refractivity contribution in [1.29, 1.82) is 0 Å². The van der Waals surface area contributed by atoms with Gasteiger partial charge in [-0.1, -0.05) is 13.0 Å². The average Bonchev–Trinajstić information content (AvgIpc) is 3.12. The van der Waals surface area contributed by atoms with E-state index in [9.17, 15) is 4.79 Å². The predicted octanol–water partition coefficient (Wildman–Crippen LogP) is 3.47. The standard InChI is InChI=1S/C18H20N4OS/c1-10-7-13-16(14(23)8-10)17(15-5-4-6-24-15)22(21-13)18-19-11(2)9-12(3)20-18/h4-6,9-10,17,21H,7-8H2,1-3H3. The van der Waals surface area contributed by atoms with E-state index < -0.39 is 0 Å². The minimum absolute atomic E-state index is 0.138. The Hall–Kier alpha value is -2.21. The molecule has 0 fully saturated rings. The van der Waals surface area contributed by atoms with E-state index in [4.69, 9.17) is 0 Å². The summed E-state index contributed by atoms with van der Waals surface area (Å²) in [5.74, 6) is 1.23. The summed E-state index contributed by atoms with van der Waals surface area (Å²) >= 11 is 1.66. The van der Waals surface area contributed by atoms with Gasteiger partial charge in [0.25, 0.3) is 0 Å². The van der Waals surface area contributed by atoms with E-state index in [2.05, 4.69) is 28.4 Å². The molecule has 3 heterocycles. The Morgan fingerprint density at radius 1 is 1.25 bits per heavy atom. The third kappa shape index (κ3) is 2.51. The minimum Gasteiger partial charge on any atom is -0.299 e. The fraction of sp³-hybridized carbons (Fsp3) is 0.389. The Balaban J connectivity index is 1.82. The molecular formula is C18H20N4OS. The van der Waals surface area contributed by atoms with Gasteiger partial charge in [-0.15, -0.1) is 11.3 Å². The molecule has 24 heavy (non-hydrogen) atoms. The summed E-state index contributed by atoms with van der Waals surface area (Å²) in [6, 6.07) is 5.92. The number of carbonyl (C=O) groups is 1. The van der Waals surface area contributed by atoms with Crippen molar-refractivity contribution in [3.8, 4) is 0 Å². The van der Waals surface area contributed by atoms with Crippen molar-refractivity contribution < 1.29 is 4.79 Å². The molecule has 0 radical (unpaired) electrons. The number of rotatable bonds is 2. The summed E-state index contributed by atoms with van der Waals surface area (Å²) in [6.45, 7) is 6.06. The highest BCUT2D eigenvalue weighted by Gasteiger charge is 2.42. The van der Waals surface area contributed by atoms with Crippen LogP contribution in [0.4, 0.5) is 5.95 Å². The third-order valence-electron chi connectivity index (χ3n) is 4.50. The van der Waals surface area contributed by atoms with Gasteiger partial charge in [0, 0.05) is 34.0 Å².